The summed E-state index contributed by atoms with van der Waals surface area (Å²) in [6, 6.07) is 32.8. The van der Waals surface area contributed by atoms with E-state index in [0.29, 0.717) is 6.61 Å². The zero-order chi connectivity index (χ0) is 20.2. The van der Waals surface area contributed by atoms with Crippen molar-refractivity contribution in [2.75, 3.05) is 13.2 Å². The normalized spacial score (nSPS) is 22.0. The van der Waals surface area contributed by atoms with Crippen LogP contribution in [0.4, 0.5) is 0 Å². The van der Waals surface area contributed by atoms with Gasteiger partial charge in [0.15, 0.2) is 0 Å². The van der Waals surface area contributed by atoms with Crippen molar-refractivity contribution in [3.8, 4) is 0 Å². The summed E-state index contributed by atoms with van der Waals surface area (Å²) in [6.07, 6.45) is 3.57. The summed E-state index contributed by atoms with van der Waals surface area (Å²) in [6.45, 7) is 1.73. The molecule has 0 N–H and O–H groups in total. The average Bonchev–Trinajstić information content (AvgIpc) is 3.32. The quantitative estimate of drug-likeness (QED) is 0.545. The van der Waals surface area contributed by atoms with Crippen LogP contribution in [0.25, 0.3) is 0 Å². The molecule has 0 radical (unpaired) electrons. The Morgan fingerprint density at radius 3 is 2.00 bits per heavy atom. The molecule has 3 nitrogen and oxygen atoms in total. The highest BCUT2D eigenvalue weighted by Crippen LogP contribution is 2.44. The van der Waals surface area contributed by atoms with Crippen molar-refractivity contribution in [1.29, 1.82) is 0 Å². The van der Waals surface area contributed by atoms with Crippen LogP contribution in [0.15, 0.2) is 96.0 Å². The van der Waals surface area contributed by atoms with Gasteiger partial charge in [-0.1, -0.05) is 97.4 Å². The fraction of sp³-hybridized carbons (Fsp3) is 0.269. The molecule has 1 saturated heterocycles. The third kappa shape index (κ3) is 4.05. The van der Waals surface area contributed by atoms with E-state index in [-0.39, 0.29) is 12.1 Å². The number of ether oxygens (including phenoxy) is 1. The molecule has 152 valence electrons. The largest absolute Gasteiger partial charge is 0.477 e. The van der Waals surface area contributed by atoms with Crippen LogP contribution >= 0.6 is 8.07 Å². The van der Waals surface area contributed by atoms with Crippen LogP contribution in [0.2, 0.25) is 0 Å². The van der Waals surface area contributed by atoms with Gasteiger partial charge in [-0.05, 0) is 29.0 Å². The molecule has 2 heterocycles. The lowest BCUT2D eigenvalue weighted by atomic mass is 10.0. The van der Waals surface area contributed by atoms with Crippen LogP contribution < -0.4 is 10.6 Å². The Hall–Kier alpha value is -2.48. The minimum atomic E-state index is -0.620. The number of hydrogen-bond donors (Lipinski definition) is 0. The smallest absolute Gasteiger partial charge is 0.202 e. The Morgan fingerprint density at radius 2 is 1.37 bits per heavy atom. The van der Waals surface area contributed by atoms with E-state index in [1.807, 2.05) is 0 Å². The van der Waals surface area contributed by atoms with E-state index in [1.165, 1.54) is 29.0 Å². The second-order valence-corrected chi connectivity index (χ2v) is 10.0. The number of aliphatic imine (C=N–C) groups is 1. The third-order valence-electron chi connectivity index (χ3n) is 5.87. The lowest BCUT2D eigenvalue weighted by Gasteiger charge is -2.40. The van der Waals surface area contributed by atoms with Crippen LogP contribution in [-0.4, -0.2) is 29.8 Å². The molecule has 2 aliphatic heterocycles. The first-order valence-corrected chi connectivity index (χ1v) is 12.1. The van der Waals surface area contributed by atoms with Gasteiger partial charge in [-0.3, -0.25) is 4.67 Å². The molecule has 0 spiro atoms. The van der Waals surface area contributed by atoms with Gasteiger partial charge in [0.1, 0.15) is 12.6 Å². The van der Waals surface area contributed by atoms with Gasteiger partial charge in [-0.2, -0.15) is 0 Å². The Labute approximate surface area is 180 Å². The summed E-state index contributed by atoms with van der Waals surface area (Å²) in [5.74, 6) is 0.933. The zero-order valence-electron chi connectivity index (χ0n) is 17.1. The van der Waals surface area contributed by atoms with Gasteiger partial charge >= 0.3 is 0 Å². The molecule has 2 atom stereocenters. The molecule has 5 rings (SSSR count). The molecule has 0 unspecified atom stereocenters. The maximum absolute atomic E-state index is 6.23. The predicted octanol–water partition coefficient (Wildman–Crippen LogP) is 5.06. The van der Waals surface area contributed by atoms with E-state index in [2.05, 4.69) is 95.7 Å². The Bertz CT molecular complexity index is 938. The topological polar surface area (TPSA) is 24.8 Å². The van der Waals surface area contributed by atoms with Crippen LogP contribution in [0.3, 0.4) is 0 Å². The molecule has 1 fully saturated rings. The molecule has 3 aromatic rings. The first-order valence-electron chi connectivity index (χ1n) is 10.8. The summed E-state index contributed by atoms with van der Waals surface area (Å²) >= 11 is 0. The van der Waals surface area contributed by atoms with E-state index in [4.69, 9.17) is 9.73 Å². The van der Waals surface area contributed by atoms with Gasteiger partial charge in [0, 0.05) is 14.6 Å². The number of piperidine rings is 1. The van der Waals surface area contributed by atoms with E-state index < -0.39 is 8.07 Å². The molecule has 0 aliphatic carbocycles. The molecule has 30 heavy (non-hydrogen) atoms. The van der Waals surface area contributed by atoms with Crippen LogP contribution in [0.5, 0.6) is 0 Å². The molecule has 3 aromatic carbocycles. The Kier molecular flexibility index (Phi) is 5.92. The monoisotopic (exact) mass is 414 g/mol. The van der Waals surface area contributed by atoms with E-state index in [0.717, 1.165) is 18.9 Å². The maximum atomic E-state index is 6.23. The molecule has 4 heteroatoms. The van der Waals surface area contributed by atoms with Crippen molar-refractivity contribution >= 4 is 24.6 Å². The maximum Gasteiger partial charge on any atom is 0.202 e. The van der Waals surface area contributed by atoms with Crippen molar-refractivity contribution in [3.63, 3.8) is 0 Å². The standard InChI is InChI=1S/C26H27N2OP/c1-4-12-21(13-5-1)24-20-29-26(27-24)25-18-10-11-19-28(25)30(22-14-6-2-7-15-22)23-16-8-3-9-17-23/h1-9,12-17,24-25H,10-11,18-20H2/t24-,25-/m1/s1. The van der Waals surface area contributed by atoms with Gasteiger partial charge in [-0.15, -0.1) is 0 Å². The molecule has 2 aliphatic rings. The lowest BCUT2D eigenvalue weighted by Crippen LogP contribution is -2.45. The second kappa shape index (κ2) is 9.12. The minimum absolute atomic E-state index is 0.115. The summed E-state index contributed by atoms with van der Waals surface area (Å²) in [5, 5.41) is 2.78. The molecule has 0 amide bonds. The number of rotatable bonds is 5. The highest BCUT2D eigenvalue weighted by atomic mass is 31.1. The van der Waals surface area contributed by atoms with Gasteiger partial charge in [0.2, 0.25) is 5.90 Å². The number of hydrogen-bond acceptors (Lipinski definition) is 3. The molecular weight excluding hydrogens is 387 g/mol. The van der Waals surface area contributed by atoms with Gasteiger partial charge in [0.05, 0.1) is 6.04 Å². The average molecular weight is 414 g/mol. The molecule has 0 aromatic heterocycles. The fourth-order valence-corrected chi connectivity index (χ4v) is 7.05. The first-order chi connectivity index (χ1) is 14.9. The van der Waals surface area contributed by atoms with Crippen molar-refractivity contribution < 1.29 is 4.74 Å². The van der Waals surface area contributed by atoms with E-state index >= 15 is 0 Å². The molecular formula is C26H27N2OP. The van der Waals surface area contributed by atoms with Crippen LogP contribution in [0, 0.1) is 0 Å². The second-order valence-electron chi connectivity index (χ2n) is 7.86. The van der Waals surface area contributed by atoms with Crippen LogP contribution in [0.1, 0.15) is 30.9 Å². The predicted molar refractivity (Wildman–Crippen MR) is 126 cm³/mol. The van der Waals surface area contributed by atoms with E-state index in [1.54, 1.807) is 0 Å². The summed E-state index contributed by atoms with van der Waals surface area (Å²) in [4.78, 5) is 5.07. The Balaban J connectivity index is 1.49. The number of benzene rings is 3. The first kappa shape index (κ1) is 19.5. The molecule has 0 saturated carbocycles. The van der Waals surface area contributed by atoms with Crippen molar-refractivity contribution in [2.24, 2.45) is 4.99 Å². The highest BCUT2D eigenvalue weighted by molar-refractivity contribution is 7.70. The summed E-state index contributed by atoms with van der Waals surface area (Å²) in [5.41, 5.74) is 1.24. The highest BCUT2D eigenvalue weighted by Gasteiger charge is 2.37. The van der Waals surface area contributed by atoms with Crippen molar-refractivity contribution in [3.05, 3.63) is 96.6 Å². The van der Waals surface area contributed by atoms with Gasteiger partial charge in [0.25, 0.3) is 0 Å². The van der Waals surface area contributed by atoms with E-state index in [9.17, 15) is 0 Å². The van der Waals surface area contributed by atoms with Crippen LogP contribution in [-0.2, 0) is 4.74 Å². The summed E-state index contributed by atoms with van der Waals surface area (Å²) < 4.78 is 8.91. The lowest BCUT2D eigenvalue weighted by molar-refractivity contribution is 0.255. The van der Waals surface area contributed by atoms with Crippen molar-refractivity contribution in [2.45, 2.75) is 31.3 Å². The SMILES string of the molecule is c1ccc([C@H]2COC([C@H]3CCCCN3P(c3ccccc3)c3ccccc3)=N2)cc1. The summed E-state index contributed by atoms with van der Waals surface area (Å²) in [7, 11) is -0.620. The number of nitrogens with zero attached hydrogens (tertiary/aromatic N) is 2. The minimum Gasteiger partial charge on any atom is -0.477 e. The Morgan fingerprint density at radius 1 is 0.767 bits per heavy atom. The van der Waals surface area contributed by atoms with Gasteiger partial charge in [-0.25, -0.2) is 4.99 Å². The fourth-order valence-electron chi connectivity index (χ4n) is 4.41. The molecule has 0 bridgehead atoms. The zero-order valence-corrected chi connectivity index (χ0v) is 18.0. The van der Waals surface area contributed by atoms with Crippen molar-refractivity contribution in [1.82, 2.24) is 4.67 Å². The van der Waals surface area contributed by atoms with Gasteiger partial charge < -0.3 is 4.74 Å². The third-order valence-corrected chi connectivity index (χ3v) is 8.44.